The summed E-state index contributed by atoms with van der Waals surface area (Å²) in [4.78, 5) is 11.4. The third kappa shape index (κ3) is 1.18. The number of hydrogen-bond donors (Lipinski definition) is 1. The van der Waals surface area contributed by atoms with Gasteiger partial charge in [0.05, 0.1) is 6.61 Å². The Balaban J connectivity index is 2.10. The predicted molar refractivity (Wildman–Crippen MR) is 45.6 cm³/mol. The molecule has 0 radical (unpaired) electrons. The Hall–Kier alpha value is -0.370. The average Bonchev–Trinajstić information content (AvgIpc) is 2.40. The van der Waals surface area contributed by atoms with Gasteiger partial charge in [-0.15, -0.1) is 0 Å². The van der Waals surface area contributed by atoms with Crippen molar-refractivity contribution < 1.29 is 9.90 Å². The van der Waals surface area contributed by atoms with Gasteiger partial charge in [0.1, 0.15) is 5.78 Å². The second-order valence-electron chi connectivity index (χ2n) is 4.17. The van der Waals surface area contributed by atoms with E-state index in [1.807, 2.05) is 0 Å². The van der Waals surface area contributed by atoms with E-state index >= 15 is 0 Å². The molecule has 68 valence electrons. The molecule has 0 aliphatic heterocycles. The Labute approximate surface area is 73.0 Å². The lowest BCUT2D eigenvalue weighted by molar-refractivity contribution is -0.122. The lowest BCUT2D eigenvalue weighted by Gasteiger charge is -2.27. The van der Waals surface area contributed by atoms with Crippen LogP contribution in [0.4, 0.5) is 0 Å². The molecular weight excluding hydrogens is 152 g/mol. The lowest BCUT2D eigenvalue weighted by Crippen LogP contribution is -2.23. The van der Waals surface area contributed by atoms with Gasteiger partial charge in [-0.1, -0.05) is 12.8 Å². The average molecular weight is 168 g/mol. The van der Waals surface area contributed by atoms with Crippen molar-refractivity contribution in [2.24, 2.45) is 17.8 Å². The van der Waals surface area contributed by atoms with Crippen LogP contribution in [0.15, 0.2) is 0 Å². The number of carbonyl (C=O) groups excluding carboxylic acids is 1. The van der Waals surface area contributed by atoms with Crippen LogP contribution in [0, 0.1) is 17.8 Å². The van der Waals surface area contributed by atoms with Crippen LogP contribution < -0.4 is 0 Å². The van der Waals surface area contributed by atoms with Gasteiger partial charge >= 0.3 is 0 Å². The number of Topliss-reactive ketones (excluding diaryl/α,β-unsaturated/α-hetero) is 1. The quantitative estimate of drug-likeness (QED) is 0.642. The summed E-state index contributed by atoms with van der Waals surface area (Å²) in [5.41, 5.74) is 0. The SMILES string of the molecule is O=C1C[C@H]2CCCC[C@H]2[C@@H]1CO. The highest BCUT2D eigenvalue weighted by atomic mass is 16.3. The number of carbonyl (C=O) groups is 1. The second kappa shape index (κ2) is 3.17. The first-order chi connectivity index (χ1) is 5.83. The van der Waals surface area contributed by atoms with E-state index in [-0.39, 0.29) is 12.5 Å². The molecule has 12 heavy (non-hydrogen) atoms. The molecule has 0 aromatic heterocycles. The van der Waals surface area contributed by atoms with Gasteiger partial charge in [-0.05, 0) is 24.7 Å². The van der Waals surface area contributed by atoms with E-state index in [1.54, 1.807) is 0 Å². The van der Waals surface area contributed by atoms with Gasteiger partial charge in [0.2, 0.25) is 0 Å². The van der Waals surface area contributed by atoms with Crippen LogP contribution in [0.2, 0.25) is 0 Å². The van der Waals surface area contributed by atoms with E-state index in [1.165, 1.54) is 25.7 Å². The molecule has 2 saturated carbocycles. The number of aliphatic hydroxyl groups is 1. The second-order valence-corrected chi connectivity index (χ2v) is 4.17. The fraction of sp³-hybridized carbons (Fsp3) is 0.900. The van der Waals surface area contributed by atoms with Gasteiger partial charge in [0.25, 0.3) is 0 Å². The van der Waals surface area contributed by atoms with E-state index in [2.05, 4.69) is 0 Å². The summed E-state index contributed by atoms with van der Waals surface area (Å²) >= 11 is 0. The smallest absolute Gasteiger partial charge is 0.138 e. The van der Waals surface area contributed by atoms with Crippen molar-refractivity contribution in [3.05, 3.63) is 0 Å². The van der Waals surface area contributed by atoms with Crippen LogP contribution in [-0.4, -0.2) is 17.5 Å². The van der Waals surface area contributed by atoms with Crippen molar-refractivity contribution in [2.75, 3.05) is 6.61 Å². The number of hydrogen-bond acceptors (Lipinski definition) is 2. The molecule has 0 amide bonds. The monoisotopic (exact) mass is 168 g/mol. The Morgan fingerprint density at radius 3 is 2.83 bits per heavy atom. The maximum Gasteiger partial charge on any atom is 0.138 e. The third-order valence-corrected chi connectivity index (χ3v) is 3.56. The van der Waals surface area contributed by atoms with Crippen molar-refractivity contribution >= 4 is 5.78 Å². The maximum atomic E-state index is 11.4. The summed E-state index contributed by atoms with van der Waals surface area (Å²) in [7, 11) is 0. The van der Waals surface area contributed by atoms with Crippen LogP contribution in [0.3, 0.4) is 0 Å². The Morgan fingerprint density at radius 1 is 1.33 bits per heavy atom. The minimum absolute atomic E-state index is 0.00435. The summed E-state index contributed by atoms with van der Waals surface area (Å²) < 4.78 is 0. The van der Waals surface area contributed by atoms with Crippen LogP contribution in [-0.2, 0) is 4.79 Å². The summed E-state index contributed by atoms with van der Waals surface area (Å²) in [5.74, 6) is 1.45. The van der Waals surface area contributed by atoms with Gasteiger partial charge in [0.15, 0.2) is 0 Å². The predicted octanol–water partition coefficient (Wildman–Crippen LogP) is 1.37. The first kappa shape index (κ1) is 8.24. The van der Waals surface area contributed by atoms with Gasteiger partial charge in [0, 0.05) is 12.3 Å². The van der Waals surface area contributed by atoms with Crippen LogP contribution in [0.5, 0.6) is 0 Å². The normalized spacial score (nSPS) is 41.4. The van der Waals surface area contributed by atoms with Gasteiger partial charge < -0.3 is 5.11 Å². The summed E-state index contributed by atoms with van der Waals surface area (Å²) in [6, 6.07) is 0. The third-order valence-electron chi connectivity index (χ3n) is 3.56. The molecule has 2 heteroatoms. The molecule has 2 fully saturated rings. The van der Waals surface area contributed by atoms with Crippen molar-refractivity contribution in [3.8, 4) is 0 Å². The number of fused-ring (bicyclic) bond motifs is 1. The van der Waals surface area contributed by atoms with E-state index in [0.29, 0.717) is 17.6 Å². The van der Waals surface area contributed by atoms with Crippen LogP contribution >= 0.6 is 0 Å². The molecule has 0 bridgehead atoms. The first-order valence-electron chi connectivity index (χ1n) is 4.96. The van der Waals surface area contributed by atoms with Gasteiger partial charge in [-0.2, -0.15) is 0 Å². The standard InChI is InChI=1S/C10H16O2/c11-6-9-8-4-2-1-3-7(8)5-10(9)12/h7-9,11H,1-6H2/t7-,8-,9+/m1/s1. The molecule has 2 nitrogen and oxygen atoms in total. The highest BCUT2D eigenvalue weighted by Gasteiger charge is 2.42. The molecule has 2 aliphatic carbocycles. The molecule has 0 aromatic carbocycles. The Bertz CT molecular complexity index is 188. The summed E-state index contributed by atoms with van der Waals surface area (Å²) in [6.07, 6.45) is 5.67. The minimum atomic E-state index is -0.00435. The first-order valence-corrected chi connectivity index (χ1v) is 4.96. The van der Waals surface area contributed by atoms with E-state index in [9.17, 15) is 4.79 Å². The summed E-state index contributed by atoms with van der Waals surface area (Å²) in [5, 5.41) is 9.05. The zero-order valence-electron chi connectivity index (χ0n) is 7.33. The zero-order valence-corrected chi connectivity index (χ0v) is 7.33. The molecule has 0 unspecified atom stereocenters. The fourth-order valence-electron chi connectivity index (χ4n) is 2.91. The molecule has 1 N–H and O–H groups in total. The highest BCUT2D eigenvalue weighted by molar-refractivity contribution is 5.84. The van der Waals surface area contributed by atoms with Gasteiger partial charge in [-0.25, -0.2) is 0 Å². The number of aliphatic hydroxyl groups excluding tert-OH is 1. The molecule has 0 saturated heterocycles. The van der Waals surface area contributed by atoms with E-state index < -0.39 is 0 Å². The lowest BCUT2D eigenvalue weighted by atomic mass is 9.78. The molecule has 0 spiro atoms. The van der Waals surface area contributed by atoms with Crippen LogP contribution in [0.1, 0.15) is 32.1 Å². The van der Waals surface area contributed by atoms with Crippen molar-refractivity contribution in [1.82, 2.24) is 0 Å². The number of ketones is 1. The van der Waals surface area contributed by atoms with Crippen molar-refractivity contribution in [3.63, 3.8) is 0 Å². The topological polar surface area (TPSA) is 37.3 Å². The highest BCUT2D eigenvalue weighted by Crippen LogP contribution is 2.43. The molecule has 2 rings (SSSR count). The Morgan fingerprint density at radius 2 is 2.08 bits per heavy atom. The molecular formula is C10H16O2. The Kier molecular flexibility index (Phi) is 2.18. The largest absolute Gasteiger partial charge is 0.396 e. The maximum absolute atomic E-state index is 11.4. The van der Waals surface area contributed by atoms with Crippen molar-refractivity contribution in [2.45, 2.75) is 32.1 Å². The van der Waals surface area contributed by atoms with E-state index in [4.69, 9.17) is 5.11 Å². The number of rotatable bonds is 1. The molecule has 3 atom stereocenters. The minimum Gasteiger partial charge on any atom is -0.396 e. The molecule has 0 aromatic rings. The molecule has 2 aliphatic rings. The summed E-state index contributed by atoms with van der Waals surface area (Å²) in [6.45, 7) is 0.0833. The van der Waals surface area contributed by atoms with E-state index in [0.717, 1.165) is 6.42 Å². The fourth-order valence-corrected chi connectivity index (χ4v) is 2.91. The van der Waals surface area contributed by atoms with Crippen LogP contribution in [0.25, 0.3) is 0 Å². The van der Waals surface area contributed by atoms with Crippen molar-refractivity contribution in [1.29, 1.82) is 0 Å². The zero-order chi connectivity index (χ0) is 8.55. The molecule has 0 heterocycles. The van der Waals surface area contributed by atoms with Gasteiger partial charge in [-0.3, -0.25) is 4.79 Å².